The summed E-state index contributed by atoms with van der Waals surface area (Å²) in [5.74, 6) is 0.795. The van der Waals surface area contributed by atoms with Crippen LogP contribution >= 0.6 is 0 Å². The third kappa shape index (κ3) is 4.38. The lowest BCUT2D eigenvalue weighted by Gasteiger charge is -2.32. The summed E-state index contributed by atoms with van der Waals surface area (Å²) in [6, 6.07) is 0. The van der Waals surface area contributed by atoms with E-state index in [0.717, 1.165) is 26.1 Å². The van der Waals surface area contributed by atoms with Crippen LogP contribution in [-0.4, -0.2) is 59.7 Å². The molecule has 0 spiro atoms. The summed E-state index contributed by atoms with van der Waals surface area (Å²) in [6.07, 6.45) is 6.88. The average molecular weight is 272 g/mol. The van der Waals surface area contributed by atoms with Crippen molar-refractivity contribution in [2.45, 2.75) is 19.4 Å². The fourth-order valence-corrected chi connectivity index (χ4v) is 2.98. The number of hydrogen-bond donors (Lipinski definition) is 0. The Hall–Kier alpha value is -0.950. The highest BCUT2D eigenvalue weighted by atomic mass is 32.2. The van der Waals surface area contributed by atoms with Crippen LogP contribution in [0.2, 0.25) is 0 Å². The Morgan fingerprint density at radius 1 is 1.44 bits per heavy atom. The Labute approximate surface area is 108 Å². The molecule has 102 valence electrons. The maximum atomic E-state index is 11.2. The molecule has 1 aliphatic rings. The van der Waals surface area contributed by atoms with Crippen LogP contribution in [-0.2, 0) is 16.4 Å². The molecule has 1 aromatic heterocycles. The average Bonchev–Trinajstić information content (AvgIpc) is 2.79. The van der Waals surface area contributed by atoms with E-state index in [4.69, 9.17) is 0 Å². The molecule has 0 aliphatic carbocycles. The molecular formula is C11H20N4O2S. The molecule has 6 nitrogen and oxygen atoms in total. The summed E-state index contributed by atoms with van der Waals surface area (Å²) < 4.78 is 24.2. The lowest BCUT2D eigenvalue weighted by molar-refractivity contribution is 0.167. The fraction of sp³-hybridized carbons (Fsp3) is 0.818. The maximum Gasteiger partial charge on any atom is 0.148 e. The van der Waals surface area contributed by atoms with E-state index in [0.29, 0.717) is 12.5 Å². The van der Waals surface area contributed by atoms with E-state index in [1.165, 1.54) is 12.7 Å². The predicted molar refractivity (Wildman–Crippen MR) is 68.9 cm³/mol. The van der Waals surface area contributed by atoms with Gasteiger partial charge < -0.3 is 4.90 Å². The van der Waals surface area contributed by atoms with Crippen molar-refractivity contribution in [1.29, 1.82) is 0 Å². The standard InChI is InChI=1S/C11H20N4O2S/c1-18(16,17)6-5-14-4-2-3-11(7-14)8-15-10-12-9-13-15/h9-11H,2-8H2,1H3/t11-/m1/s1. The molecular weight excluding hydrogens is 252 g/mol. The Balaban J connectivity index is 1.81. The summed E-state index contributed by atoms with van der Waals surface area (Å²) >= 11 is 0. The van der Waals surface area contributed by atoms with Gasteiger partial charge in [-0.1, -0.05) is 0 Å². The van der Waals surface area contributed by atoms with E-state index < -0.39 is 9.84 Å². The number of hydrogen-bond acceptors (Lipinski definition) is 5. The quantitative estimate of drug-likeness (QED) is 0.757. The molecule has 0 amide bonds. The van der Waals surface area contributed by atoms with Gasteiger partial charge in [0.05, 0.1) is 5.75 Å². The first-order chi connectivity index (χ1) is 8.53. The summed E-state index contributed by atoms with van der Waals surface area (Å²) in [5, 5.41) is 4.11. The number of piperidine rings is 1. The van der Waals surface area contributed by atoms with Crippen LogP contribution in [0, 0.1) is 5.92 Å². The molecule has 1 aliphatic heterocycles. The second kappa shape index (κ2) is 5.79. The summed E-state index contributed by atoms with van der Waals surface area (Å²) in [6.45, 7) is 3.47. The maximum absolute atomic E-state index is 11.2. The van der Waals surface area contributed by atoms with Gasteiger partial charge in [-0.25, -0.2) is 13.4 Å². The Bertz CT molecular complexity index is 457. The van der Waals surface area contributed by atoms with Crippen LogP contribution in [0.5, 0.6) is 0 Å². The van der Waals surface area contributed by atoms with Gasteiger partial charge in [-0.15, -0.1) is 0 Å². The van der Waals surface area contributed by atoms with Crippen molar-refractivity contribution in [2.75, 3.05) is 31.6 Å². The van der Waals surface area contributed by atoms with E-state index in [1.807, 2.05) is 4.68 Å². The zero-order valence-corrected chi connectivity index (χ0v) is 11.5. The van der Waals surface area contributed by atoms with Crippen LogP contribution < -0.4 is 0 Å². The zero-order chi connectivity index (χ0) is 13.0. The van der Waals surface area contributed by atoms with Gasteiger partial charge in [-0.05, 0) is 25.3 Å². The molecule has 0 radical (unpaired) electrons. The van der Waals surface area contributed by atoms with Crippen LogP contribution in [0.3, 0.4) is 0 Å². The minimum absolute atomic E-state index is 0.253. The molecule has 0 bridgehead atoms. The minimum atomic E-state index is -2.86. The summed E-state index contributed by atoms with van der Waals surface area (Å²) in [5.41, 5.74) is 0. The van der Waals surface area contributed by atoms with Crippen molar-refractivity contribution >= 4 is 9.84 Å². The third-order valence-corrected chi connectivity index (χ3v) is 4.22. The Morgan fingerprint density at radius 3 is 2.94 bits per heavy atom. The van der Waals surface area contributed by atoms with Gasteiger partial charge in [-0.2, -0.15) is 5.10 Å². The van der Waals surface area contributed by atoms with Crippen molar-refractivity contribution in [3.05, 3.63) is 12.7 Å². The predicted octanol–water partition coefficient (Wildman–Crippen LogP) is 0.0347. The molecule has 2 heterocycles. The first-order valence-electron chi connectivity index (χ1n) is 6.25. The molecule has 1 saturated heterocycles. The monoisotopic (exact) mass is 272 g/mol. The van der Waals surface area contributed by atoms with Crippen molar-refractivity contribution in [1.82, 2.24) is 19.7 Å². The number of nitrogens with zero attached hydrogens (tertiary/aromatic N) is 4. The van der Waals surface area contributed by atoms with Crippen LogP contribution in [0.15, 0.2) is 12.7 Å². The molecule has 1 aromatic rings. The van der Waals surface area contributed by atoms with Crippen LogP contribution in [0.25, 0.3) is 0 Å². The molecule has 2 rings (SSSR count). The largest absolute Gasteiger partial charge is 0.302 e. The van der Waals surface area contributed by atoms with Crippen molar-refractivity contribution in [3.63, 3.8) is 0 Å². The smallest absolute Gasteiger partial charge is 0.148 e. The summed E-state index contributed by atoms with van der Waals surface area (Å²) in [7, 11) is -2.86. The number of rotatable bonds is 5. The molecule has 0 saturated carbocycles. The van der Waals surface area contributed by atoms with Crippen LogP contribution in [0.1, 0.15) is 12.8 Å². The fourth-order valence-electron chi connectivity index (χ4n) is 2.39. The minimum Gasteiger partial charge on any atom is -0.302 e. The highest BCUT2D eigenvalue weighted by molar-refractivity contribution is 7.90. The van der Waals surface area contributed by atoms with Gasteiger partial charge in [0.25, 0.3) is 0 Å². The second-order valence-electron chi connectivity index (χ2n) is 5.06. The van der Waals surface area contributed by atoms with Gasteiger partial charge in [0, 0.05) is 25.9 Å². The van der Waals surface area contributed by atoms with Crippen molar-refractivity contribution in [2.24, 2.45) is 5.92 Å². The Kier molecular flexibility index (Phi) is 4.34. The second-order valence-corrected chi connectivity index (χ2v) is 7.32. The molecule has 7 heteroatoms. The van der Waals surface area contributed by atoms with Gasteiger partial charge in [-0.3, -0.25) is 4.68 Å². The summed E-state index contributed by atoms with van der Waals surface area (Å²) in [4.78, 5) is 6.18. The topological polar surface area (TPSA) is 68.1 Å². The van der Waals surface area contributed by atoms with E-state index in [-0.39, 0.29) is 5.75 Å². The first-order valence-corrected chi connectivity index (χ1v) is 8.31. The normalized spacial score (nSPS) is 22.2. The number of sulfone groups is 1. The lowest BCUT2D eigenvalue weighted by Crippen LogP contribution is -2.39. The Morgan fingerprint density at radius 2 is 2.28 bits per heavy atom. The van der Waals surface area contributed by atoms with Crippen molar-refractivity contribution < 1.29 is 8.42 Å². The molecule has 0 unspecified atom stereocenters. The number of aromatic nitrogens is 3. The van der Waals surface area contributed by atoms with Crippen molar-refractivity contribution in [3.8, 4) is 0 Å². The van der Waals surface area contributed by atoms with E-state index in [1.54, 1.807) is 12.7 Å². The van der Waals surface area contributed by atoms with E-state index in [9.17, 15) is 8.42 Å². The first kappa shape index (κ1) is 13.5. The third-order valence-electron chi connectivity index (χ3n) is 3.29. The van der Waals surface area contributed by atoms with E-state index in [2.05, 4.69) is 15.0 Å². The molecule has 0 aromatic carbocycles. The number of likely N-dealkylation sites (tertiary alicyclic amines) is 1. The van der Waals surface area contributed by atoms with Gasteiger partial charge in [0.2, 0.25) is 0 Å². The van der Waals surface area contributed by atoms with Gasteiger partial charge in [0.1, 0.15) is 22.5 Å². The molecule has 1 fully saturated rings. The molecule has 0 N–H and O–H groups in total. The van der Waals surface area contributed by atoms with Crippen LogP contribution in [0.4, 0.5) is 0 Å². The lowest BCUT2D eigenvalue weighted by atomic mass is 9.98. The highest BCUT2D eigenvalue weighted by Crippen LogP contribution is 2.17. The van der Waals surface area contributed by atoms with E-state index >= 15 is 0 Å². The molecule has 18 heavy (non-hydrogen) atoms. The van der Waals surface area contributed by atoms with Gasteiger partial charge >= 0.3 is 0 Å². The SMILES string of the molecule is CS(=O)(=O)CCN1CCC[C@@H](Cn2cncn2)C1. The zero-order valence-electron chi connectivity index (χ0n) is 10.7. The molecule has 1 atom stereocenters. The van der Waals surface area contributed by atoms with Gasteiger partial charge in [0.15, 0.2) is 0 Å². The highest BCUT2D eigenvalue weighted by Gasteiger charge is 2.21.